The van der Waals surface area contributed by atoms with E-state index in [1.165, 1.54) is 0 Å². The van der Waals surface area contributed by atoms with Crippen LogP contribution in [0.4, 0.5) is 0 Å². The third kappa shape index (κ3) is 1.99. The van der Waals surface area contributed by atoms with E-state index < -0.39 is 6.48 Å². The van der Waals surface area contributed by atoms with Crippen LogP contribution in [0.3, 0.4) is 0 Å². The van der Waals surface area contributed by atoms with Gasteiger partial charge in [-0.15, -0.1) is 0 Å². The summed E-state index contributed by atoms with van der Waals surface area (Å²) in [5.41, 5.74) is 1.45. The summed E-state index contributed by atoms with van der Waals surface area (Å²) < 4.78 is 9.91. The highest BCUT2D eigenvalue weighted by Gasteiger charge is 2.21. The van der Waals surface area contributed by atoms with Crippen molar-refractivity contribution >= 4 is 12.4 Å². The number of aldehydes is 1. The number of rotatable bonds is 2. The number of aliphatic hydroxyl groups is 1. The zero-order valence-electron chi connectivity index (χ0n) is 8.14. The zero-order chi connectivity index (χ0) is 10.8. The van der Waals surface area contributed by atoms with E-state index in [0.717, 1.165) is 11.8 Å². The van der Waals surface area contributed by atoms with Crippen LogP contribution in [0.2, 0.25) is 0 Å². The van der Waals surface area contributed by atoms with E-state index in [2.05, 4.69) is 0 Å². The Morgan fingerprint density at radius 3 is 2.87 bits per heavy atom. The molecule has 0 aromatic heterocycles. The highest BCUT2D eigenvalue weighted by Crippen LogP contribution is 2.34. The van der Waals surface area contributed by atoms with Crippen LogP contribution in [0.15, 0.2) is 23.8 Å². The minimum absolute atomic E-state index is 0.481. The van der Waals surface area contributed by atoms with Gasteiger partial charge in [0, 0.05) is 0 Å². The van der Waals surface area contributed by atoms with Crippen molar-refractivity contribution in [2.45, 2.75) is 13.4 Å². The summed E-state index contributed by atoms with van der Waals surface area (Å²) in [7, 11) is 0. The molecular formula is C11H10O4. The molecule has 0 aliphatic carbocycles. The Kier molecular flexibility index (Phi) is 2.43. The average molecular weight is 206 g/mol. The van der Waals surface area contributed by atoms with Gasteiger partial charge in [0.2, 0.25) is 0 Å². The third-order valence-corrected chi connectivity index (χ3v) is 2.00. The zero-order valence-corrected chi connectivity index (χ0v) is 8.14. The normalized spacial score (nSPS) is 19.1. The Morgan fingerprint density at radius 1 is 1.40 bits per heavy atom. The predicted octanol–water partition coefficient (Wildman–Crippen LogP) is 1.34. The van der Waals surface area contributed by atoms with Crippen molar-refractivity contribution in [3.63, 3.8) is 0 Å². The molecule has 1 aliphatic rings. The lowest BCUT2D eigenvalue weighted by Crippen LogP contribution is -2.15. The van der Waals surface area contributed by atoms with E-state index in [1.807, 2.05) is 0 Å². The van der Waals surface area contributed by atoms with Gasteiger partial charge in [0.25, 0.3) is 0 Å². The first-order valence-electron chi connectivity index (χ1n) is 4.48. The predicted molar refractivity (Wildman–Crippen MR) is 53.4 cm³/mol. The number of allylic oxidation sites excluding steroid dienone is 1. The second kappa shape index (κ2) is 3.74. The number of carbonyl (C=O) groups is 1. The highest BCUT2D eigenvalue weighted by molar-refractivity contribution is 5.81. The lowest BCUT2D eigenvalue weighted by Gasteiger charge is -1.98. The van der Waals surface area contributed by atoms with Crippen molar-refractivity contribution < 1.29 is 19.4 Å². The molecule has 1 aromatic rings. The van der Waals surface area contributed by atoms with Crippen LogP contribution < -0.4 is 9.47 Å². The summed E-state index contributed by atoms with van der Waals surface area (Å²) in [5, 5.41) is 9.05. The van der Waals surface area contributed by atoms with Gasteiger partial charge in [-0.3, -0.25) is 4.79 Å². The van der Waals surface area contributed by atoms with Crippen LogP contribution in [0.5, 0.6) is 11.5 Å². The second-order valence-corrected chi connectivity index (χ2v) is 3.26. The van der Waals surface area contributed by atoms with Crippen LogP contribution in [0.25, 0.3) is 6.08 Å². The number of carbonyl (C=O) groups excluding carboxylic acids is 1. The SMILES string of the molecule is C/C(C=O)=C\c1ccc2c(c1)OC(O)O2. The first-order valence-corrected chi connectivity index (χ1v) is 4.48. The molecule has 4 nitrogen and oxygen atoms in total. The molecule has 1 aromatic carbocycles. The number of aliphatic hydroxyl groups excluding tert-OH is 1. The fourth-order valence-corrected chi connectivity index (χ4v) is 1.34. The fourth-order valence-electron chi connectivity index (χ4n) is 1.34. The molecule has 1 heterocycles. The molecule has 1 N–H and O–H groups in total. The lowest BCUT2D eigenvalue weighted by atomic mass is 10.1. The Balaban J connectivity index is 2.31. The highest BCUT2D eigenvalue weighted by atomic mass is 16.8. The Labute approximate surface area is 86.7 Å². The minimum atomic E-state index is -1.23. The van der Waals surface area contributed by atoms with Gasteiger partial charge in [-0.05, 0) is 36.3 Å². The number of benzene rings is 1. The van der Waals surface area contributed by atoms with E-state index in [4.69, 9.17) is 14.6 Å². The fraction of sp³-hybridized carbons (Fsp3) is 0.182. The number of hydrogen-bond donors (Lipinski definition) is 1. The first-order chi connectivity index (χ1) is 7.19. The van der Waals surface area contributed by atoms with Gasteiger partial charge >= 0.3 is 6.48 Å². The molecule has 0 saturated carbocycles. The summed E-state index contributed by atoms with van der Waals surface area (Å²) in [5.74, 6) is 0.985. The largest absolute Gasteiger partial charge is 0.428 e. The maximum atomic E-state index is 10.4. The molecule has 0 radical (unpaired) electrons. The van der Waals surface area contributed by atoms with Crippen molar-refractivity contribution in [3.05, 3.63) is 29.3 Å². The smallest absolute Gasteiger partial charge is 0.358 e. The lowest BCUT2D eigenvalue weighted by molar-refractivity contribution is -0.133. The summed E-state index contributed by atoms with van der Waals surface area (Å²) in [6.45, 7) is 0.485. The van der Waals surface area contributed by atoms with Crippen LogP contribution in [-0.2, 0) is 4.79 Å². The van der Waals surface area contributed by atoms with Gasteiger partial charge in [-0.25, -0.2) is 0 Å². The number of fused-ring (bicyclic) bond motifs is 1. The van der Waals surface area contributed by atoms with Gasteiger partial charge in [-0.1, -0.05) is 6.07 Å². The standard InChI is InChI=1S/C11H10O4/c1-7(6-12)4-8-2-3-9-10(5-8)15-11(13)14-9/h2-6,11,13H,1H3/b7-4+. The van der Waals surface area contributed by atoms with Crippen LogP contribution >= 0.6 is 0 Å². The van der Waals surface area contributed by atoms with Crippen molar-refractivity contribution in [1.29, 1.82) is 0 Å². The molecule has 78 valence electrons. The van der Waals surface area contributed by atoms with Crippen molar-refractivity contribution in [1.82, 2.24) is 0 Å². The molecule has 0 bridgehead atoms. The second-order valence-electron chi connectivity index (χ2n) is 3.26. The minimum Gasteiger partial charge on any atom is -0.428 e. The molecule has 0 saturated heterocycles. The molecule has 1 aliphatic heterocycles. The van der Waals surface area contributed by atoms with Gasteiger partial charge in [0.1, 0.15) is 6.29 Å². The summed E-state index contributed by atoms with van der Waals surface area (Å²) in [6.07, 6.45) is 2.50. The topological polar surface area (TPSA) is 55.8 Å². The molecular weight excluding hydrogens is 196 g/mol. The molecule has 15 heavy (non-hydrogen) atoms. The van der Waals surface area contributed by atoms with E-state index in [1.54, 1.807) is 31.2 Å². The Morgan fingerprint density at radius 2 is 2.13 bits per heavy atom. The molecule has 0 spiro atoms. The van der Waals surface area contributed by atoms with Gasteiger partial charge < -0.3 is 14.6 Å². The van der Waals surface area contributed by atoms with Crippen LogP contribution in [0.1, 0.15) is 12.5 Å². The van der Waals surface area contributed by atoms with Gasteiger partial charge in [0.05, 0.1) is 0 Å². The maximum absolute atomic E-state index is 10.4. The molecule has 2 rings (SSSR count). The van der Waals surface area contributed by atoms with E-state index in [0.29, 0.717) is 17.1 Å². The molecule has 0 fully saturated rings. The van der Waals surface area contributed by atoms with E-state index >= 15 is 0 Å². The van der Waals surface area contributed by atoms with Crippen molar-refractivity contribution in [2.75, 3.05) is 0 Å². The summed E-state index contributed by atoms with van der Waals surface area (Å²) in [4.78, 5) is 10.4. The maximum Gasteiger partial charge on any atom is 0.358 e. The number of ether oxygens (including phenoxy) is 2. The average Bonchev–Trinajstić information content (AvgIpc) is 2.57. The van der Waals surface area contributed by atoms with Crippen LogP contribution in [-0.4, -0.2) is 17.9 Å². The number of hydrogen-bond acceptors (Lipinski definition) is 4. The Hall–Kier alpha value is -1.81. The quantitative estimate of drug-likeness (QED) is 0.586. The van der Waals surface area contributed by atoms with Crippen molar-refractivity contribution in [2.24, 2.45) is 0 Å². The van der Waals surface area contributed by atoms with E-state index in [-0.39, 0.29) is 0 Å². The third-order valence-electron chi connectivity index (χ3n) is 2.00. The summed E-state index contributed by atoms with van der Waals surface area (Å²) >= 11 is 0. The van der Waals surface area contributed by atoms with Crippen molar-refractivity contribution in [3.8, 4) is 11.5 Å². The van der Waals surface area contributed by atoms with Gasteiger partial charge in [-0.2, -0.15) is 0 Å². The molecule has 0 amide bonds. The van der Waals surface area contributed by atoms with E-state index in [9.17, 15) is 4.79 Å². The molecule has 4 heteroatoms. The first kappa shape index (κ1) is 9.73. The Bertz CT molecular complexity index is 423. The molecule has 1 unspecified atom stereocenters. The van der Waals surface area contributed by atoms with Gasteiger partial charge in [0.15, 0.2) is 11.5 Å². The molecule has 1 atom stereocenters. The van der Waals surface area contributed by atoms with Crippen LogP contribution in [0, 0.1) is 0 Å². The summed E-state index contributed by atoms with van der Waals surface area (Å²) in [6, 6.07) is 5.18. The monoisotopic (exact) mass is 206 g/mol.